The molecule has 1 aliphatic heterocycles. The summed E-state index contributed by atoms with van der Waals surface area (Å²) < 4.78 is 0. The standard InChI is InChI=1S/C14H27N/c1-12(2)7-6-8-13(3)11-14-9-4-5-10-15-14/h8,12,14-15H,4-7,9-11H2,1-3H3/b13-8-. The summed E-state index contributed by atoms with van der Waals surface area (Å²) in [7, 11) is 0. The summed E-state index contributed by atoms with van der Waals surface area (Å²) in [5, 5.41) is 3.61. The molecular formula is C14H27N. The summed E-state index contributed by atoms with van der Waals surface area (Å²) in [6.45, 7) is 8.11. The van der Waals surface area contributed by atoms with Crippen LogP contribution in [0, 0.1) is 5.92 Å². The van der Waals surface area contributed by atoms with Gasteiger partial charge in [-0.05, 0) is 51.5 Å². The highest BCUT2D eigenvalue weighted by Gasteiger charge is 2.12. The normalized spacial score (nSPS) is 23.5. The number of rotatable bonds is 5. The average molecular weight is 209 g/mol. The van der Waals surface area contributed by atoms with Crippen LogP contribution < -0.4 is 5.32 Å². The van der Waals surface area contributed by atoms with E-state index in [0.29, 0.717) is 0 Å². The average Bonchev–Trinajstić information content (AvgIpc) is 2.18. The molecule has 0 aliphatic carbocycles. The first-order valence-corrected chi connectivity index (χ1v) is 6.57. The molecular weight excluding hydrogens is 182 g/mol. The lowest BCUT2D eigenvalue weighted by Crippen LogP contribution is -2.33. The van der Waals surface area contributed by atoms with Gasteiger partial charge in [0.05, 0.1) is 0 Å². The zero-order chi connectivity index (χ0) is 11.1. The first-order chi connectivity index (χ1) is 7.18. The molecule has 0 aromatic rings. The third-order valence-corrected chi connectivity index (χ3v) is 3.22. The monoisotopic (exact) mass is 209 g/mol. The number of nitrogens with one attached hydrogen (secondary N) is 1. The minimum Gasteiger partial charge on any atom is -0.314 e. The van der Waals surface area contributed by atoms with E-state index in [2.05, 4.69) is 32.2 Å². The molecule has 0 saturated carbocycles. The Bertz CT molecular complexity index is 188. The van der Waals surface area contributed by atoms with Gasteiger partial charge >= 0.3 is 0 Å². The van der Waals surface area contributed by atoms with Crippen molar-refractivity contribution >= 4 is 0 Å². The van der Waals surface area contributed by atoms with E-state index in [1.54, 1.807) is 5.57 Å². The van der Waals surface area contributed by atoms with Crippen LogP contribution in [0.2, 0.25) is 0 Å². The highest BCUT2D eigenvalue weighted by Crippen LogP contribution is 2.16. The molecule has 1 heterocycles. The summed E-state index contributed by atoms with van der Waals surface area (Å²) in [5.41, 5.74) is 1.58. The second-order valence-electron chi connectivity index (χ2n) is 5.37. The van der Waals surface area contributed by atoms with Gasteiger partial charge in [-0.25, -0.2) is 0 Å². The van der Waals surface area contributed by atoms with Gasteiger partial charge in [0, 0.05) is 6.04 Å². The Kier molecular flexibility index (Phi) is 6.00. The van der Waals surface area contributed by atoms with Crippen LogP contribution in [0.3, 0.4) is 0 Å². The Hall–Kier alpha value is -0.300. The van der Waals surface area contributed by atoms with E-state index in [4.69, 9.17) is 0 Å². The quantitative estimate of drug-likeness (QED) is 0.677. The van der Waals surface area contributed by atoms with E-state index >= 15 is 0 Å². The summed E-state index contributed by atoms with van der Waals surface area (Å²) in [6.07, 6.45) is 10.4. The lowest BCUT2D eigenvalue weighted by molar-refractivity contribution is 0.398. The van der Waals surface area contributed by atoms with Gasteiger partial charge in [-0.3, -0.25) is 0 Å². The van der Waals surface area contributed by atoms with Crippen LogP contribution in [0.1, 0.15) is 59.3 Å². The van der Waals surface area contributed by atoms with Gasteiger partial charge in [-0.15, -0.1) is 0 Å². The van der Waals surface area contributed by atoms with Crippen molar-refractivity contribution < 1.29 is 0 Å². The van der Waals surface area contributed by atoms with Crippen LogP contribution in [-0.2, 0) is 0 Å². The summed E-state index contributed by atoms with van der Waals surface area (Å²) in [4.78, 5) is 0. The molecule has 15 heavy (non-hydrogen) atoms. The van der Waals surface area contributed by atoms with Gasteiger partial charge in [0.15, 0.2) is 0 Å². The fraction of sp³-hybridized carbons (Fsp3) is 0.857. The molecule has 1 fully saturated rings. The van der Waals surface area contributed by atoms with E-state index in [9.17, 15) is 0 Å². The summed E-state index contributed by atoms with van der Waals surface area (Å²) in [6, 6.07) is 0.758. The lowest BCUT2D eigenvalue weighted by atomic mass is 9.97. The number of hydrogen-bond donors (Lipinski definition) is 1. The Morgan fingerprint density at radius 3 is 2.80 bits per heavy atom. The largest absolute Gasteiger partial charge is 0.314 e. The van der Waals surface area contributed by atoms with Crippen LogP contribution >= 0.6 is 0 Å². The molecule has 1 N–H and O–H groups in total. The highest BCUT2D eigenvalue weighted by molar-refractivity contribution is 5.01. The maximum absolute atomic E-state index is 3.61. The van der Waals surface area contributed by atoms with Crippen molar-refractivity contribution in [1.29, 1.82) is 0 Å². The molecule has 0 spiro atoms. The SMILES string of the molecule is C/C(=C/CCC(C)C)CC1CCCCN1. The highest BCUT2D eigenvalue weighted by atomic mass is 14.9. The second-order valence-corrected chi connectivity index (χ2v) is 5.37. The lowest BCUT2D eigenvalue weighted by Gasteiger charge is -2.23. The van der Waals surface area contributed by atoms with Crippen molar-refractivity contribution in [3.05, 3.63) is 11.6 Å². The minimum absolute atomic E-state index is 0.758. The fourth-order valence-corrected chi connectivity index (χ4v) is 2.23. The first kappa shape index (κ1) is 12.8. The molecule has 1 atom stereocenters. The summed E-state index contributed by atoms with van der Waals surface area (Å²) >= 11 is 0. The zero-order valence-electron chi connectivity index (χ0n) is 10.7. The molecule has 1 rings (SSSR count). The molecule has 1 saturated heterocycles. The van der Waals surface area contributed by atoms with Crippen molar-refractivity contribution in [3.63, 3.8) is 0 Å². The van der Waals surface area contributed by atoms with E-state index in [-0.39, 0.29) is 0 Å². The van der Waals surface area contributed by atoms with Gasteiger partial charge in [0.1, 0.15) is 0 Å². The maximum atomic E-state index is 3.61. The Labute approximate surface area is 95.3 Å². The van der Waals surface area contributed by atoms with Crippen molar-refractivity contribution in [2.24, 2.45) is 5.92 Å². The molecule has 0 bridgehead atoms. The Balaban J connectivity index is 2.18. The van der Waals surface area contributed by atoms with Gasteiger partial charge in [0.2, 0.25) is 0 Å². The van der Waals surface area contributed by atoms with E-state index in [1.807, 2.05) is 0 Å². The van der Waals surface area contributed by atoms with Crippen LogP contribution in [0.4, 0.5) is 0 Å². The van der Waals surface area contributed by atoms with Crippen LogP contribution in [0.15, 0.2) is 11.6 Å². The van der Waals surface area contributed by atoms with Crippen LogP contribution in [0.25, 0.3) is 0 Å². The molecule has 0 aromatic heterocycles. The van der Waals surface area contributed by atoms with E-state index in [0.717, 1.165) is 12.0 Å². The van der Waals surface area contributed by atoms with Crippen molar-refractivity contribution in [2.45, 2.75) is 65.3 Å². The van der Waals surface area contributed by atoms with E-state index in [1.165, 1.54) is 45.1 Å². The van der Waals surface area contributed by atoms with Crippen molar-refractivity contribution in [2.75, 3.05) is 6.54 Å². The molecule has 0 radical (unpaired) electrons. The smallest absolute Gasteiger partial charge is 0.0104 e. The number of piperidine rings is 1. The first-order valence-electron chi connectivity index (χ1n) is 6.57. The Morgan fingerprint density at radius 1 is 1.40 bits per heavy atom. The third-order valence-electron chi connectivity index (χ3n) is 3.22. The summed E-state index contributed by atoms with van der Waals surface area (Å²) in [5.74, 6) is 0.835. The molecule has 0 amide bonds. The molecule has 1 unspecified atom stereocenters. The van der Waals surface area contributed by atoms with Crippen LogP contribution in [0.5, 0.6) is 0 Å². The maximum Gasteiger partial charge on any atom is 0.0104 e. The van der Waals surface area contributed by atoms with Crippen molar-refractivity contribution in [1.82, 2.24) is 5.32 Å². The van der Waals surface area contributed by atoms with Gasteiger partial charge in [-0.1, -0.05) is 31.9 Å². The Morgan fingerprint density at radius 2 is 2.20 bits per heavy atom. The molecule has 88 valence electrons. The van der Waals surface area contributed by atoms with Crippen LogP contribution in [-0.4, -0.2) is 12.6 Å². The van der Waals surface area contributed by atoms with Gasteiger partial charge in [0.25, 0.3) is 0 Å². The molecule has 1 heteroatoms. The zero-order valence-corrected chi connectivity index (χ0v) is 10.7. The molecule has 1 aliphatic rings. The van der Waals surface area contributed by atoms with E-state index < -0.39 is 0 Å². The molecule has 1 nitrogen and oxygen atoms in total. The predicted molar refractivity (Wildman–Crippen MR) is 68.1 cm³/mol. The number of allylic oxidation sites excluding steroid dienone is 1. The minimum atomic E-state index is 0.758. The van der Waals surface area contributed by atoms with Gasteiger partial charge < -0.3 is 5.32 Å². The predicted octanol–water partition coefficient (Wildman–Crippen LogP) is 3.90. The molecule has 0 aromatic carbocycles. The second kappa shape index (κ2) is 7.05. The fourth-order valence-electron chi connectivity index (χ4n) is 2.23. The number of hydrogen-bond acceptors (Lipinski definition) is 1. The third kappa shape index (κ3) is 5.99. The van der Waals surface area contributed by atoms with Crippen molar-refractivity contribution in [3.8, 4) is 0 Å². The van der Waals surface area contributed by atoms with Gasteiger partial charge in [-0.2, -0.15) is 0 Å². The topological polar surface area (TPSA) is 12.0 Å².